The van der Waals surface area contributed by atoms with Crippen LogP contribution in [-0.4, -0.2) is 72.4 Å². The molecule has 1 aromatic carbocycles. The van der Waals surface area contributed by atoms with Gasteiger partial charge in [-0.1, -0.05) is 18.2 Å². The third-order valence-corrected chi connectivity index (χ3v) is 6.70. The van der Waals surface area contributed by atoms with Gasteiger partial charge in [-0.25, -0.2) is 9.37 Å². The normalized spacial score (nSPS) is 17.5. The lowest BCUT2D eigenvalue weighted by Crippen LogP contribution is -2.44. The predicted octanol–water partition coefficient (Wildman–Crippen LogP) is 3.82. The summed E-state index contributed by atoms with van der Waals surface area (Å²) in [6.45, 7) is 8.61. The van der Waals surface area contributed by atoms with Crippen LogP contribution in [0.5, 0.6) is 0 Å². The Morgan fingerprint density at radius 3 is 2.70 bits per heavy atom. The summed E-state index contributed by atoms with van der Waals surface area (Å²) in [5, 5.41) is 0.928. The van der Waals surface area contributed by atoms with Gasteiger partial charge in [-0.2, -0.15) is 0 Å². The van der Waals surface area contributed by atoms with Crippen LogP contribution in [0.4, 0.5) is 4.39 Å². The highest BCUT2D eigenvalue weighted by atomic mass is 32.1. The molecule has 1 aliphatic heterocycles. The van der Waals surface area contributed by atoms with Gasteiger partial charge in [-0.3, -0.25) is 9.69 Å². The number of carbonyl (C=O) groups excluding carboxylic acids is 1. The highest BCUT2D eigenvalue weighted by Crippen LogP contribution is 2.24. The summed E-state index contributed by atoms with van der Waals surface area (Å²) in [6.07, 6.45) is 2.17. The van der Waals surface area contributed by atoms with E-state index in [1.807, 2.05) is 45.0 Å². The van der Waals surface area contributed by atoms with E-state index in [2.05, 4.69) is 14.8 Å². The molecule has 30 heavy (non-hydrogen) atoms. The van der Waals surface area contributed by atoms with E-state index in [9.17, 15) is 9.18 Å². The fourth-order valence-corrected chi connectivity index (χ4v) is 4.98. The molecule has 3 rings (SSSR count). The van der Waals surface area contributed by atoms with Gasteiger partial charge >= 0.3 is 0 Å². The van der Waals surface area contributed by atoms with Crippen LogP contribution in [0.15, 0.2) is 24.3 Å². The Balaban J connectivity index is 1.67. The van der Waals surface area contributed by atoms with Crippen LogP contribution in [0.2, 0.25) is 0 Å². The number of rotatable bonds is 8. The maximum absolute atomic E-state index is 14.1. The average Bonchev–Trinajstić information content (AvgIpc) is 3.04. The third-order valence-electron chi connectivity index (χ3n) is 5.64. The Kier molecular flexibility index (Phi) is 7.97. The number of carbonyl (C=O) groups is 1. The molecule has 1 fully saturated rings. The molecule has 2 aromatic rings. The van der Waals surface area contributed by atoms with Crippen molar-refractivity contribution in [1.82, 2.24) is 19.7 Å². The number of benzene rings is 1. The van der Waals surface area contributed by atoms with Crippen LogP contribution in [0, 0.1) is 25.6 Å². The van der Waals surface area contributed by atoms with Gasteiger partial charge in [0.25, 0.3) is 5.91 Å². The topological polar surface area (TPSA) is 39.7 Å². The number of nitrogens with zero attached hydrogens (tertiary/aromatic N) is 4. The molecule has 0 spiro atoms. The standard InChI is InChI=1S/C23H33FN4OS/c1-17-22(30-18(2)25-17)23(29)28(13-12-26(3)4)15-19-8-7-11-27(14-19)16-20-9-5-6-10-21(20)24/h5-6,9-10,19H,7-8,11-16H2,1-4H3/t19-/m0/s1. The van der Waals surface area contributed by atoms with Crippen LogP contribution in [0.1, 0.15) is 38.8 Å². The fourth-order valence-electron chi connectivity index (χ4n) is 4.09. The van der Waals surface area contributed by atoms with E-state index in [0.717, 1.165) is 60.2 Å². The monoisotopic (exact) mass is 432 g/mol. The largest absolute Gasteiger partial charge is 0.336 e. The summed E-state index contributed by atoms with van der Waals surface area (Å²) < 4.78 is 14.1. The summed E-state index contributed by atoms with van der Waals surface area (Å²) >= 11 is 1.48. The lowest BCUT2D eigenvalue weighted by Gasteiger charge is -2.36. The van der Waals surface area contributed by atoms with E-state index in [1.54, 1.807) is 6.07 Å². The van der Waals surface area contributed by atoms with Crippen molar-refractivity contribution in [2.45, 2.75) is 33.2 Å². The molecular formula is C23H33FN4OS. The smallest absolute Gasteiger partial charge is 0.265 e. The van der Waals surface area contributed by atoms with Crippen molar-refractivity contribution in [3.8, 4) is 0 Å². The van der Waals surface area contributed by atoms with E-state index < -0.39 is 0 Å². The first kappa shape index (κ1) is 22.8. The van der Waals surface area contributed by atoms with E-state index >= 15 is 0 Å². The van der Waals surface area contributed by atoms with Gasteiger partial charge in [-0.15, -0.1) is 11.3 Å². The molecule has 1 atom stereocenters. The molecule has 0 aliphatic carbocycles. The van der Waals surface area contributed by atoms with Crippen molar-refractivity contribution in [3.63, 3.8) is 0 Å². The fraction of sp³-hybridized carbons (Fsp3) is 0.565. The molecular weight excluding hydrogens is 399 g/mol. The van der Waals surface area contributed by atoms with Gasteiger partial charge in [0.2, 0.25) is 0 Å². The number of halogens is 1. The Labute approximate surface area is 183 Å². The average molecular weight is 433 g/mol. The maximum Gasteiger partial charge on any atom is 0.265 e. The number of aromatic nitrogens is 1. The van der Waals surface area contributed by atoms with Crippen LogP contribution in [0.25, 0.3) is 0 Å². The molecule has 0 unspecified atom stereocenters. The van der Waals surface area contributed by atoms with Crippen molar-refractivity contribution >= 4 is 17.2 Å². The van der Waals surface area contributed by atoms with E-state index in [1.165, 1.54) is 17.4 Å². The van der Waals surface area contributed by atoms with Gasteiger partial charge in [0, 0.05) is 38.3 Å². The number of aryl methyl sites for hydroxylation is 2. The second-order valence-corrected chi connectivity index (χ2v) is 9.74. The van der Waals surface area contributed by atoms with Crippen LogP contribution < -0.4 is 0 Å². The zero-order valence-electron chi connectivity index (χ0n) is 18.5. The molecule has 2 heterocycles. The summed E-state index contributed by atoms with van der Waals surface area (Å²) in [7, 11) is 4.06. The molecule has 1 amide bonds. The first-order valence-corrected chi connectivity index (χ1v) is 11.5. The molecule has 1 aliphatic rings. The molecule has 0 N–H and O–H groups in total. The lowest BCUT2D eigenvalue weighted by molar-refractivity contribution is 0.0664. The molecule has 164 valence electrons. The van der Waals surface area contributed by atoms with E-state index in [0.29, 0.717) is 19.0 Å². The number of likely N-dealkylation sites (tertiary alicyclic amines) is 1. The van der Waals surface area contributed by atoms with Crippen molar-refractivity contribution in [2.75, 3.05) is 46.8 Å². The second-order valence-electron chi connectivity index (χ2n) is 8.54. The first-order chi connectivity index (χ1) is 14.3. The number of thiazole rings is 1. The molecule has 7 heteroatoms. The lowest BCUT2D eigenvalue weighted by atomic mass is 9.96. The van der Waals surface area contributed by atoms with Gasteiger partial charge in [0.05, 0.1) is 10.7 Å². The minimum atomic E-state index is -0.140. The summed E-state index contributed by atoms with van der Waals surface area (Å²) in [6, 6.07) is 7.01. The number of amides is 1. The van der Waals surface area contributed by atoms with Gasteiger partial charge in [-0.05, 0) is 59.3 Å². The number of hydrogen-bond donors (Lipinski definition) is 0. The van der Waals surface area contributed by atoms with Crippen LogP contribution in [0.3, 0.4) is 0 Å². The second kappa shape index (κ2) is 10.5. The number of piperidine rings is 1. The first-order valence-electron chi connectivity index (χ1n) is 10.7. The highest BCUT2D eigenvalue weighted by Gasteiger charge is 2.27. The quantitative estimate of drug-likeness (QED) is 0.636. The predicted molar refractivity (Wildman–Crippen MR) is 120 cm³/mol. The maximum atomic E-state index is 14.1. The molecule has 0 bridgehead atoms. The molecule has 0 saturated carbocycles. The zero-order valence-corrected chi connectivity index (χ0v) is 19.3. The van der Waals surface area contributed by atoms with Gasteiger partial charge < -0.3 is 9.80 Å². The third kappa shape index (κ3) is 6.09. The van der Waals surface area contributed by atoms with Crippen LogP contribution in [-0.2, 0) is 6.54 Å². The van der Waals surface area contributed by atoms with Gasteiger partial charge in [0.1, 0.15) is 10.7 Å². The van der Waals surface area contributed by atoms with Crippen molar-refractivity contribution < 1.29 is 9.18 Å². The molecule has 1 saturated heterocycles. The molecule has 1 aromatic heterocycles. The minimum Gasteiger partial charge on any atom is -0.336 e. The Morgan fingerprint density at radius 2 is 2.03 bits per heavy atom. The van der Waals surface area contributed by atoms with Crippen molar-refractivity contribution in [1.29, 1.82) is 0 Å². The molecule has 5 nitrogen and oxygen atoms in total. The summed E-state index contributed by atoms with van der Waals surface area (Å²) in [5.74, 6) is 0.343. The van der Waals surface area contributed by atoms with Crippen molar-refractivity contribution in [2.24, 2.45) is 5.92 Å². The summed E-state index contributed by atoms with van der Waals surface area (Å²) in [4.78, 5) is 24.9. The SMILES string of the molecule is Cc1nc(C)c(C(=O)N(CCN(C)C)C[C@H]2CCCN(Cc3ccccc3F)C2)s1. The highest BCUT2D eigenvalue weighted by molar-refractivity contribution is 7.13. The number of likely N-dealkylation sites (N-methyl/N-ethyl adjacent to an activating group) is 1. The van der Waals surface area contributed by atoms with Gasteiger partial charge in [0.15, 0.2) is 0 Å². The van der Waals surface area contributed by atoms with Crippen molar-refractivity contribution in [3.05, 3.63) is 51.2 Å². The minimum absolute atomic E-state index is 0.0891. The van der Waals surface area contributed by atoms with E-state index in [-0.39, 0.29) is 11.7 Å². The number of hydrogen-bond acceptors (Lipinski definition) is 5. The Bertz CT molecular complexity index is 853. The van der Waals surface area contributed by atoms with Crippen LogP contribution >= 0.6 is 11.3 Å². The zero-order chi connectivity index (χ0) is 21.7. The summed E-state index contributed by atoms with van der Waals surface area (Å²) in [5.41, 5.74) is 1.57. The van der Waals surface area contributed by atoms with E-state index in [4.69, 9.17) is 0 Å². The molecule has 0 radical (unpaired) electrons. The Hall–Kier alpha value is -1.83. The Morgan fingerprint density at radius 1 is 1.27 bits per heavy atom.